The van der Waals surface area contributed by atoms with Crippen LogP contribution < -0.4 is 0 Å². The summed E-state index contributed by atoms with van der Waals surface area (Å²) in [4.78, 5) is 25.0. The molecule has 4 rings (SSSR count). The molecule has 0 unspecified atom stereocenters. The van der Waals surface area contributed by atoms with Crippen LogP contribution in [-0.4, -0.2) is 50.8 Å². The van der Waals surface area contributed by atoms with Crippen LogP contribution in [-0.2, 0) is 9.59 Å². The molecule has 154 valence electrons. The van der Waals surface area contributed by atoms with E-state index in [-0.39, 0.29) is 24.8 Å². The molecular formula is C22H29FO5. The van der Waals surface area contributed by atoms with E-state index in [1.807, 2.05) is 0 Å². The SMILES string of the molecule is [2H]C1=C2[C@@H]([2H])C[C@H]3[C@@H]4C[C@H](C)[C@](O)(C(=O)C([2H])([2H])O)[C@@]4(C)C[C@H](O)[C@]3(F)[C@@]2(C)C=CC1=O. The summed E-state index contributed by atoms with van der Waals surface area (Å²) in [5.41, 5.74) is -7.72. The number of alkyl halides is 1. The van der Waals surface area contributed by atoms with E-state index >= 15 is 4.39 Å². The van der Waals surface area contributed by atoms with Gasteiger partial charge in [0.25, 0.3) is 0 Å². The van der Waals surface area contributed by atoms with Gasteiger partial charge in [-0.2, -0.15) is 0 Å². The van der Waals surface area contributed by atoms with Gasteiger partial charge >= 0.3 is 0 Å². The zero-order valence-electron chi connectivity index (χ0n) is 20.2. The molecule has 6 heteroatoms. The van der Waals surface area contributed by atoms with Crippen molar-refractivity contribution in [1.82, 2.24) is 0 Å². The van der Waals surface area contributed by atoms with Crippen LogP contribution in [0.1, 0.15) is 51.9 Å². The number of rotatable bonds is 2. The van der Waals surface area contributed by atoms with Crippen molar-refractivity contribution in [3.63, 3.8) is 0 Å². The van der Waals surface area contributed by atoms with Gasteiger partial charge in [0, 0.05) is 18.1 Å². The van der Waals surface area contributed by atoms with Gasteiger partial charge in [-0.25, -0.2) is 4.39 Å². The average Bonchev–Trinajstić information content (AvgIpc) is 2.87. The highest BCUT2D eigenvalue weighted by molar-refractivity contribution is 6.01. The largest absolute Gasteiger partial charge is 0.390 e. The number of hydrogen-bond donors (Lipinski definition) is 3. The van der Waals surface area contributed by atoms with Crippen LogP contribution in [0.5, 0.6) is 0 Å². The molecule has 5 nitrogen and oxygen atoms in total. The molecule has 0 bridgehead atoms. The van der Waals surface area contributed by atoms with Gasteiger partial charge in [0.05, 0.1) is 10.2 Å². The molecule has 28 heavy (non-hydrogen) atoms. The van der Waals surface area contributed by atoms with E-state index in [1.165, 1.54) is 26.8 Å². The molecule has 0 spiro atoms. The lowest BCUT2D eigenvalue weighted by Crippen LogP contribution is -2.69. The topological polar surface area (TPSA) is 94.8 Å². The zero-order valence-corrected chi connectivity index (χ0v) is 16.2. The van der Waals surface area contributed by atoms with E-state index < -0.39 is 76.5 Å². The van der Waals surface area contributed by atoms with Gasteiger partial charge in [-0.15, -0.1) is 0 Å². The van der Waals surface area contributed by atoms with Crippen LogP contribution in [0.25, 0.3) is 0 Å². The first-order valence-corrected chi connectivity index (χ1v) is 9.71. The predicted molar refractivity (Wildman–Crippen MR) is 99.9 cm³/mol. The number of allylic oxidation sites excluding steroid dienone is 4. The molecule has 4 aliphatic carbocycles. The summed E-state index contributed by atoms with van der Waals surface area (Å²) in [6.45, 7) is 1.21. The van der Waals surface area contributed by atoms with Crippen molar-refractivity contribution in [3.8, 4) is 0 Å². The maximum atomic E-state index is 17.1. The fourth-order valence-electron chi connectivity index (χ4n) is 6.78. The predicted octanol–water partition coefficient (Wildman–Crippen LogP) is 1.90. The Hall–Kier alpha value is -1.37. The monoisotopic (exact) mass is 396 g/mol. The molecule has 0 amide bonds. The van der Waals surface area contributed by atoms with Gasteiger partial charge in [0.2, 0.25) is 0 Å². The molecular weight excluding hydrogens is 363 g/mol. The summed E-state index contributed by atoms with van der Waals surface area (Å²) in [6, 6.07) is -0.439. The van der Waals surface area contributed by atoms with Gasteiger partial charge in [-0.3, -0.25) is 9.59 Å². The number of aliphatic hydroxyl groups excluding tert-OH is 1. The standard InChI is InChI=1S/C22H29FO5/c1-12-8-16-15-5-4-13-9-14(25)6-7-19(13,2)21(15,23)17(26)10-20(16,3)22(12,28)18(27)11-24/h6-7,9,12,15-17,24,26,28H,4-5,8,10-11H2,1-3H3/t12-,15-,16-,17-,19-,20-,21-,22-/m0/s1/i4D,9D,11D2/t4-,12-,15-,16-,17-,19-,20-,21-,22-. The normalized spacial score (nSPS) is 58.1. The molecule has 9 atom stereocenters. The Labute approximate surface area is 169 Å². The number of ketones is 2. The smallest absolute Gasteiger partial charge is 0.190 e. The Morgan fingerprint density at radius 3 is 2.79 bits per heavy atom. The molecule has 0 aromatic carbocycles. The Morgan fingerprint density at radius 2 is 2.14 bits per heavy atom. The third kappa shape index (κ3) is 2.01. The molecule has 0 heterocycles. The lowest BCUT2D eigenvalue weighted by atomic mass is 9.44. The molecule has 3 fully saturated rings. The van der Waals surface area contributed by atoms with Crippen molar-refractivity contribution in [2.45, 2.75) is 63.8 Å². The second-order valence-electron chi connectivity index (χ2n) is 9.34. The van der Waals surface area contributed by atoms with E-state index in [1.54, 1.807) is 0 Å². The van der Waals surface area contributed by atoms with Gasteiger partial charge in [0.1, 0.15) is 12.2 Å². The van der Waals surface area contributed by atoms with Gasteiger partial charge in [0.15, 0.2) is 17.2 Å². The second kappa shape index (κ2) is 5.83. The third-order valence-corrected chi connectivity index (χ3v) is 8.34. The number of carbonyl (C=O) groups is 2. The third-order valence-electron chi connectivity index (χ3n) is 8.34. The first-order valence-electron chi connectivity index (χ1n) is 11.8. The van der Waals surface area contributed by atoms with Crippen LogP contribution in [0.4, 0.5) is 4.39 Å². The van der Waals surface area contributed by atoms with Gasteiger partial charge < -0.3 is 15.3 Å². The van der Waals surface area contributed by atoms with E-state index in [2.05, 4.69) is 0 Å². The molecule has 0 aromatic heterocycles. The Kier molecular flexibility index (Phi) is 3.22. The Balaban J connectivity index is 1.89. The van der Waals surface area contributed by atoms with E-state index in [9.17, 15) is 24.9 Å². The summed E-state index contributed by atoms with van der Waals surface area (Å²) >= 11 is 0. The molecule has 0 aliphatic heterocycles. The quantitative estimate of drug-likeness (QED) is 0.663. The Bertz CT molecular complexity index is 962. The number of fused-ring (bicyclic) bond motifs is 5. The first kappa shape index (κ1) is 15.5. The van der Waals surface area contributed by atoms with Crippen molar-refractivity contribution in [1.29, 1.82) is 0 Å². The van der Waals surface area contributed by atoms with Crippen molar-refractivity contribution in [2.75, 3.05) is 6.56 Å². The van der Waals surface area contributed by atoms with Crippen molar-refractivity contribution < 1.29 is 34.8 Å². The fraction of sp³-hybridized carbons (Fsp3) is 0.727. The van der Waals surface area contributed by atoms with Crippen LogP contribution in [0.15, 0.2) is 23.8 Å². The Morgan fingerprint density at radius 1 is 1.46 bits per heavy atom. The van der Waals surface area contributed by atoms with Crippen LogP contribution >= 0.6 is 0 Å². The molecule has 4 aliphatic rings. The molecule has 3 N–H and O–H groups in total. The molecule has 0 saturated heterocycles. The zero-order chi connectivity index (χ0) is 24.2. The summed E-state index contributed by atoms with van der Waals surface area (Å²) in [5.74, 6) is -4.55. The van der Waals surface area contributed by atoms with E-state index in [0.717, 1.165) is 6.08 Å². The maximum Gasteiger partial charge on any atom is 0.190 e. The van der Waals surface area contributed by atoms with Gasteiger partial charge in [-0.05, 0) is 56.5 Å². The second-order valence-corrected chi connectivity index (χ2v) is 9.34. The van der Waals surface area contributed by atoms with Crippen molar-refractivity contribution in [2.24, 2.45) is 28.6 Å². The van der Waals surface area contributed by atoms with Crippen LogP contribution in [0, 0.1) is 28.6 Å². The van der Waals surface area contributed by atoms with E-state index in [0.29, 0.717) is 0 Å². The summed E-state index contributed by atoms with van der Waals surface area (Å²) < 4.78 is 48.9. The lowest BCUT2D eigenvalue weighted by molar-refractivity contribution is -0.219. The van der Waals surface area contributed by atoms with Gasteiger partial charge in [-0.1, -0.05) is 25.5 Å². The van der Waals surface area contributed by atoms with Crippen LogP contribution in [0.2, 0.25) is 0 Å². The highest BCUT2D eigenvalue weighted by atomic mass is 19.1. The average molecular weight is 396 g/mol. The number of halogens is 1. The number of Topliss-reactive ketones (excluding diaryl/α,β-unsaturated/α-hetero) is 1. The summed E-state index contributed by atoms with van der Waals surface area (Å²) in [5, 5.41) is 32.5. The van der Waals surface area contributed by atoms with Crippen molar-refractivity contribution in [3.05, 3.63) is 23.8 Å². The molecule has 0 aromatic rings. The van der Waals surface area contributed by atoms with E-state index in [4.69, 9.17) is 5.48 Å². The highest BCUT2D eigenvalue weighted by Gasteiger charge is 2.75. The maximum absolute atomic E-state index is 17.1. The summed E-state index contributed by atoms with van der Waals surface area (Å²) in [6.07, 6.45) is -0.755. The van der Waals surface area contributed by atoms with Crippen LogP contribution in [0.3, 0.4) is 0 Å². The highest BCUT2D eigenvalue weighted by Crippen LogP contribution is 2.70. The number of hydrogen-bond acceptors (Lipinski definition) is 5. The lowest BCUT2D eigenvalue weighted by Gasteiger charge is -2.62. The minimum Gasteiger partial charge on any atom is -0.390 e. The number of carbonyl (C=O) groups excluding carboxylic acids is 2. The van der Waals surface area contributed by atoms with Crippen molar-refractivity contribution >= 4 is 11.6 Å². The number of aliphatic hydroxyl groups is 3. The molecule has 3 saturated carbocycles. The summed E-state index contributed by atoms with van der Waals surface area (Å²) in [7, 11) is 0. The minimum absolute atomic E-state index is 0.0236. The fourth-order valence-corrected chi connectivity index (χ4v) is 6.78. The molecule has 0 radical (unpaired) electrons. The minimum atomic E-state index is -3.31. The first-order chi connectivity index (χ1) is 14.5.